The number of nitrogens with one attached hydrogen (secondary N) is 1. The van der Waals surface area contributed by atoms with Crippen molar-refractivity contribution in [2.75, 3.05) is 25.6 Å². The standard InChI is InChI=1S/C17H22N2O2/c1-20-15-7-6-13-8-9-18-17(16(13)12-15)19-10-11-21-14-4-2-3-5-14/h6-9,12,14H,2-5,10-11H2,1H3,(H,18,19). The van der Waals surface area contributed by atoms with Gasteiger partial charge < -0.3 is 14.8 Å². The maximum Gasteiger partial charge on any atom is 0.134 e. The van der Waals surface area contributed by atoms with Gasteiger partial charge in [0.05, 0.1) is 19.8 Å². The molecule has 1 N–H and O–H groups in total. The van der Waals surface area contributed by atoms with Crippen molar-refractivity contribution in [3.63, 3.8) is 0 Å². The van der Waals surface area contributed by atoms with Crippen molar-refractivity contribution in [1.29, 1.82) is 0 Å². The van der Waals surface area contributed by atoms with Crippen molar-refractivity contribution < 1.29 is 9.47 Å². The van der Waals surface area contributed by atoms with E-state index in [9.17, 15) is 0 Å². The number of fused-ring (bicyclic) bond motifs is 1. The zero-order chi connectivity index (χ0) is 14.5. The van der Waals surface area contributed by atoms with Gasteiger partial charge in [-0.25, -0.2) is 4.98 Å². The molecule has 1 aliphatic carbocycles. The van der Waals surface area contributed by atoms with Gasteiger partial charge >= 0.3 is 0 Å². The van der Waals surface area contributed by atoms with Gasteiger partial charge in [-0.05, 0) is 36.4 Å². The van der Waals surface area contributed by atoms with E-state index in [-0.39, 0.29) is 0 Å². The van der Waals surface area contributed by atoms with Crippen molar-refractivity contribution in [2.24, 2.45) is 0 Å². The average Bonchev–Trinajstić information content (AvgIpc) is 3.04. The van der Waals surface area contributed by atoms with Crippen LogP contribution in [0.1, 0.15) is 25.7 Å². The number of benzene rings is 1. The second kappa shape index (κ2) is 6.76. The molecule has 4 nitrogen and oxygen atoms in total. The summed E-state index contributed by atoms with van der Waals surface area (Å²) in [6.07, 6.45) is 7.33. The van der Waals surface area contributed by atoms with Crippen LogP contribution in [0.5, 0.6) is 5.75 Å². The van der Waals surface area contributed by atoms with Crippen LogP contribution in [0, 0.1) is 0 Å². The predicted molar refractivity (Wildman–Crippen MR) is 85.0 cm³/mol. The van der Waals surface area contributed by atoms with E-state index < -0.39 is 0 Å². The van der Waals surface area contributed by atoms with Gasteiger partial charge in [0.25, 0.3) is 0 Å². The van der Waals surface area contributed by atoms with Crippen LogP contribution in [0.2, 0.25) is 0 Å². The second-order valence-corrected chi connectivity index (χ2v) is 5.45. The molecule has 4 heteroatoms. The average molecular weight is 286 g/mol. The first-order valence-corrected chi connectivity index (χ1v) is 7.65. The number of hydrogen-bond donors (Lipinski definition) is 1. The lowest BCUT2D eigenvalue weighted by molar-refractivity contribution is 0.0659. The lowest BCUT2D eigenvalue weighted by atomic mass is 10.1. The van der Waals surface area contributed by atoms with Crippen LogP contribution in [0.4, 0.5) is 5.82 Å². The summed E-state index contributed by atoms with van der Waals surface area (Å²) in [6, 6.07) is 8.04. The molecule has 1 heterocycles. The molecule has 21 heavy (non-hydrogen) atoms. The summed E-state index contributed by atoms with van der Waals surface area (Å²) >= 11 is 0. The van der Waals surface area contributed by atoms with Gasteiger partial charge in [-0.3, -0.25) is 0 Å². The van der Waals surface area contributed by atoms with E-state index in [1.165, 1.54) is 25.7 Å². The van der Waals surface area contributed by atoms with Crippen LogP contribution in [-0.4, -0.2) is 31.3 Å². The van der Waals surface area contributed by atoms with Crippen molar-refractivity contribution in [3.05, 3.63) is 30.5 Å². The zero-order valence-electron chi connectivity index (χ0n) is 12.5. The third-order valence-corrected chi connectivity index (χ3v) is 4.02. The summed E-state index contributed by atoms with van der Waals surface area (Å²) in [5.41, 5.74) is 0. The largest absolute Gasteiger partial charge is 0.497 e. The number of nitrogens with zero attached hydrogens (tertiary/aromatic N) is 1. The third kappa shape index (κ3) is 3.45. The minimum absolute atomic E-state index is 0.465. The Bertz CT molecular complexity index is 594. The number of ether oxygens (including phenoxy) is 2. The summed E-state index contributed by atoms with van der Waals surface area (Å²) in [4.78, 5) is 4.43. The van der Waals surface area contributed by atoms with Crippen molar-refractivity contribution >= 4 is 16.6 Å². The number of methoxy groups -OCH3 is 1. The Kier molecular flexibility index (Phi) is 4.55. The number of anilines is 1. The molecule has 0 radical (unpaired) electrons. The van der Waals surface area contributed by atoms with E-state index in [1.54, 1.807) is 7.11 Å². The Morgan fingerprint density at radius 3 is 2.90 bits per heavy atom. The summed E-state index contributed by atoms with van der Waals surface area (Å²) in [5, 5.41) is 5.61. The quantitative estimate of drug-likeness (QED) is 0.824. The molecule has 0 spiro atoms. The lowest BCUT2D eigenvalue weighted by Crippen LogP contribution is -2.16. The molecule has 1 aliphatic rings. The molecule has 112 valence electrons. The molecule has 0 aliphatic heterocycles. The highest BCUT2D eigenvalue weighted by molar-refractivity contribution is 5.92. The van der Waals surface area contributed by atoms with E-state index in [0.29, 0.717) is 6.10 Å². The molecule has 2 aromatic rings. The first kappa shape index (κ1) is 14.1. The molecular formula is C17H22N2O2. The second-order valence-electron chi connectivity index (χ2n) is 5.45. The Morgan fingerprint density at radius 2 is 2.10 bits per heavy atom. The summed E-state index contributed by atoms with van der Waals surface area (Å²) in [6.45, 7) is 1.51. The minimum atomic E-state index is 0.465. The van der Waals surface area contributed by atoms with Gasteiger partial charge in [0.1, 0.15) is 11.6 Å². The van der Waals surface area contributed by atoms with Gasteiger partial charge in [-0.15, -0.1) is 0 Å². The molecule has 1 aromatic carbocycles. The maximum atomic E-state index is 5.87. The van der Waals surface area contributed by atoms with Gasteiger partial charge in [0.15, 0.2) is 0 Å². The molecule has 1 fully saturated rings. The van der Waals surface area contributed by atoms with Crippen molar-refractivity contribution in [2.45, 2.75) is 31.8 Å². The summed E-state index contributed by atoms with van der Waals surface area (Å²) in [5.74, 6) is 1.74. The van der Waals surface area contributed by atoms with Crippen LogP contribution >= 0.6 is 0 Å². The Balaban J connectivity index is 1.62. The third-order valence-electron chi connectivity index (χ3n) is 4.02. The van der Waals surface area contributed by atoms with E-state index in [0.717, 1.165) is 35.5 Å². The van der Waals surface area contributed by atoms with Gasteiger partial charge in [-0.1, -0.05) is 18.9 Å². The van der Waals surface area contributed by atoms with Gasteiger partial charge in [0.2, 0.25) is 0 Å². The number of aromatic nitrogens is 1. The Labute approximate surface area is 125 Å². The molecule has 0 amide bonds. The topological polar surface area (TPSA) is 43.4 Å². The molecule has 0 atom stereocenters. The predicted octanol–water partition coefficient (Wildman–Crippen LogP) is 3.61. The van der Waals surface area contributed by atoms with E-state index in [4.69, 9.17) is 9.47 Å². The first-order valence-electron chi connectivity index (χ1n) is 7.65. The number of hydrogen-bond acceptors (Lipinski definition) is 4. The monoisotopic (exact) mass is 286 g/mol. The Hall–Kier alpha value is -1.81. The molecule has 0 unspecified atom stereocenters. The lowest BCUT2D eigenvalue weighted by Gasteiger charge is -2.13. The molecule has 1 aromatic heterocycles. The highest BCUT2D eigenvalue weighted by Crippen LogP contribution is 2.25. The molecule has 0 bridgehead atoms. The van der Waals surface area contributed by atoms with E-state index in [1.807, 2.05) is 24.4 Å². The van der Waals surface area contributed by atoms with E-state index >= 15 is 0 Å². The van der Waals surface area contributed by atoms with Crippen LogP contribution in [0.15, 0.2) is 30.5 Å². The normalized spacial score (nSPS) is 15.5. The van der Waals surface area contributed by atoms with Crippen LogP contribution in [0.3, 0.4) is 0 Å². The summed E-state index contributed by atoms with van der Waals surface area (Å²) in [7, 11) is 1.68. The zero-order valence-corrected chi connectivity index (χ0v) is 12.5. The number of pyridine rings is 1. The molecular weight excluding hydrogens is 264 g/mol. The van der Waals surface area contributed by atoms with Crippen molar-refractivity contribution in [1.82, 2.24) is 4.98 Å². The van der Waals surface area contributed by atoms with E-state index in [2.05, 4.69) is 16.4 Å². The van der Waals surface area contributed by atoms with Gasteiger partial charge in [-0.2, -0.15) is 0 Å². The maximum absolute atomic E-state index is 5.87. The highest BCUT2D eigenvalue weighted by Gasteiger charge is 2.14. The molecule has 3 rings (SSSR count). The van der Waals surface area contributed by atoms with Crippen LogP contribution < -0.4 is 10.1 Å². The fourth-order valence-corrected chi connectivity index (χ4v) is 2.87. The first-order chi connectivity index (χ1) is 10.4. The van der Waals surface area contributed by atoms with Gasteiger partial charge in [0, 0.05) is 18.1 Å². The fourth-order valence-electron chi connectivity index (χ4n) is 2.87. The highest BCUT2D eigenvalue weighted by atomic mass is 16.5. The van der Waals surface area contributed by atoms with Crippen molar-refractivity contribution in [3.8, 4) is 5.75 Å². The fraction of sp³-hybridized carbons (Fsp3) is 0.471. The van der Waals surface area contributed by atoms with Crippen LogP contribution in [-0.2, 0) is 4.74 Å². The Morgan fingerprint density at radius 1 is 1.24 bits per heavy atom. The SMILES string of the molecule is COc1ccc2ccnc(NCCOC3CCCC3)c2c1. The van der Waals surface area contributed by atoms with Crippen LogP contribution in [0.25, 0.3) is 10.8 Å². The smallest absolute Gasteiger partial charge is 0.134 e. The molecule has 1 saturated carbocycles. The molecule has 0 saturated heterocycles. The minimum Gasteiger partial charge on any atom is -0.497 e. The summed E-state index contributed by atoms with van der Waals surface area (Å²) < 4.78 is 11.2. The number of rotatable bonds is 6.